The minimum atomic E-state index is -0.346. The van der Waals surface area contributed by atoms with Crippen LogP contribution in [0.4, 0.5) is 0 Å². The number of ether oxygens (including phenoxy) is 1. The number of aromatic nitrogens is 4. The molecule has 1 aromatic carbocycles. The van der Waals surface area contributed by atoms with E-state index in [0.29, 0.717) is 36.7 Å². The summed E-state index contributed by atoms with van der Waals surface area (Å²) >= 11 is 0. The molecule has 0 fully saturated rings. The molecule has 0 atom stereocenters. The Hall–Kier alpha value is -3.55. The van der Waals surface area contributed by atoms with Crippen molar-refractivity contribution in [3.8, 4) is 17.1 Å². The zero-order valence-electron chi connectivity index (χ0n) is 16.9. The van der Waals surface area contributed by atoms with Gasteiger partial charge < -0.3 is 15.0 Å². The number of hydrogen-bond acceptors (Lipinski definition) is 6. The van der Waals surface area contributed by atoms with E-state index in [1.807, 2.05) is 49.4 Å². The molecule has 0 saturated heterocycles. The van der Waals surface area contributed by atoms with E-state index >= 15 is 0 Å². The number of aryl methyl sites for hydroxylation is 1. The van der Waals surface area contributed by atoms with E-state index in [9.17, 15) is 9.59 Å². The maximum Gasteiger partial charge on any atom is 0.273 e. The first-order chi connectivity index (χ1) is 14.7. The predicted molar refractivity (Wildman–Crippen MR) is 113 cm³/mol. The summed E-state index contributed by atoms with van der Waals surface area (Å²) in [4.78, 5) is 31.3. The molecule has 0 aliphatic heterocycles. The number of H-pyrrole nitrogens is 1. The molecule has 0 bridgehead atoms. The summed E-state index contributed by atoms with van der Waals surface area (Å²) in [5.74, 6) is 0.936. The summed E-state index contributed by atoms with van der Waals surface area (Å²) in [6.07, 6.45) is 3.67. The maximum absolute atomic E-state index is 12.4. The lowest BCUT2D eigenvalue weighted by Gasteiger charge is -2.07. The molecule has 0 saturated carbocycles. The molecule has 0 unspecified atom stereocenters. The van der Waals surface area contributed by atoms with Crippen LogP contribution >= 0.6 is 0 Å². The molecular formula is C22H25N5O3. The van der Waals surface area contributed by atoms with E-state index in [4.69, 9.17) is 4.74 Å². The molecule has 156 valence electrons. The highest BCUT2D eigenvalue weighted by atomic mass is 16.5. The third-order valence-corrected chi connectivity index (χ3v) is 4.36. The van der Waals surface area contributed by atoms with Crippen molar-refractivity contribution in [2.24, 2.45) is 0 Å². The van der Waals surface area contributed by atoms with Crippen LogP contribution in [0.15, 0.2) is 53.5 Å². The molecule has 2 aromatic heterocycles. The second kappa shape index (κ2) is 10.8. The highest BCUT2D eigenvalue weighted by Gasteiger charge is 2.10. The number of hydrogen-bond donors (Lipinski definition) is 2. The molecule has 2 heterocycles. The Kier molecular flexibility index (Phi) is 7.65. The third kappa shape index (κ3) is 6.23. The lowest BCUT2D eigenvalue weighted by molar-refractivity contribution is -0.121. The Morgan fingerprint density at radius 1 is 1.13 bits per heavy atom. The van der Waals surface area contributed by atoms with Gasteiger partial charge in [0.15, 0.2) is 5.82 Å². The van der Waals surface area contributed by atoms with E-state index in [1.54, 1.807) is 6.20 Å². The van der Waals surface area contributed by atoms with Crippen molar-refractivity contribution < 1.29 is 9.53 Å². The first-order valence-corrected chi connectivity index (χ1v) is 10.0. The van der Waals surface area contributed by atoms with Crippen molar-refractivity contribution in [2.75, 3.05) is 13.2 Å². The largest absolute Gasteiger partial charge is 0.494 e. The van der Waals surface area contributed by atoms with Crippen molar-refractivity contribution >= 4 is 5.91 Å². The van der Waals surface area contributed by atoms with Gasteiger partial charge >= 0.3 is 0 Å². The van der Waals surface area contributed by atoms with Gasteiger partial charge in [-0.3, -0.25) is 14.6 Å². The summed E-state index contributed by atoms with van der Waals surface area (Å²) in [6, 6.07) is 13.0. The van der Waals surface area contributed by atoms with Crippen LogP contribution in [0.1, 0.15) is 31.2 Å². The highest BCUT2D eigenvalue weighted by Crippen LogP contribution is 2.20. The topological polar surface area (TPSA) is 110 Å². The van der Waals surface area contributed by atoms with Crippen molar-refractivity contribution in [2.45, 2.75) is 32.6 Å². The lowest BCUT2D eigenvalue weighted by Crippen LogP contribution is -2.27. The normalized spacial score (nSPS) is 10.6. The molecule has 3 rings (SSSR count). The Labute approximate surface area is 174 Å². The molecule has 0 aliphatic carbocycles. The third-order valence-electron chi connectivity index (χ3n) is 4.36. The Balaban J connectivity index is 1.53. The smallest absolute Gasteiger partial charge is 0.273 e. The number of amides is 1. The average molecular weight is 407 g/mol. The second-order valence-corrected chi connectivity index (χ2v) is 6.75. The van der Waals surface area contributed by atoms with Gasteiger partial charge in [-0.05, 0) is 30.7 Å². The minimum absolute atomic E-state index is 0.142. The van der Waals surface area contributed by atoms with Gasteiger partial charge in [-0.15, -0.1) is 10.2 Å². The fraction of sp³-hybridized carbons (Fsp3) is 0.318. The molecule has 30 heavy (non-hydrogen) atoms. The van der Waals surface area contributed by atoms with Gasteiger partial charge in [0.25, 0.3) is 5.56 Å². The molecule has 0 spiro atoms. The summed E-state index contributed by atoms with van der Waals surface area (Å²) < 4.78 is 5.61. The Morgan fingerprint density at radius 2 is 2.03 bits per heavy atom. The molecule has 8 nitrogen and oxygen atoms in total. The number of rotatable bonds is 10. The van der Waals surface area contributed by atoms with Crippen molar-refractivity contribution in [1.82, 2.24) is 25.5 Å². The van der Waals surface area contributed by atoms with Gasteiger partial charge in [-0.1, -0.05) is 25.1 Å². The van der Waals surface area contributed by atoms with Crippen LogP contribution in [0.25, 0.3) is 11.4 Å². The monoisotopic (exact) mass is 407 g/mol. The van der Waals surface area contributed by atoms with E-state index in [0.717, 1.165) is 12.1 Å². The zero-order chi connectivity index (χ0) is 21.2. The van der Waals surface area contributed by atoms with Crippen molar-refractivity contribution in [3.63, 3.8) is 0 Å². The second-order valence-electron chi connectivity index (χ2n) is 6.75. The molecule has 2 N–H and O–H groups in total. The fourth-order valence-corrected chi connectivity index (χ4v) is 2.80. The quantitative estimate of drug-likeness (QED) is 0.534. The number of pyridine rings is 1. The minimum Gasteiger partial charge on any atom is -0.494 e. The first-order valence-electron chi connectivity index (χ1n) is 10.0. The molecular weight excluding hydrogens is 382 g/mol. The molecule has 0 radical (unpaired) electrons. The van der Waals surface area contributed by atoms with Crippen LogP contribution in [0, 0.1) is 0 Å². The van der Waals surface area contributed by atoms with Crippen LogP contribution in [0.2, 0.25) is 0 Å². The number of nitrogens with zero attached hydrogens (tertiary/aromatic N) is 3. The summed E-state index contributed by atoms with van der Waals surface area (Å²) in [7, 11) is 0. The predicted octanol–water partition coefficient (Wildman–Crippen LogP) is 2.31. The van der Waals surface area contributed by atoms with Crippen molar-refractivity contribution in [1.29, 1.82) is 0 Å². The number of carbonyl (C=O) groups is 1. The van der Waals surface area contributed by atoms with E-state index in [2.05, 4.69) is 25.5 Å². The first kappa shape index (κ1) is 21.2. The van der Waals surface area contributed by atoms with Gasteiger partial charge in [-0.2, -0.15) is 0 Å². The standard InChI is InChI=1S/C22H25N5O3/c1-2-14-30-18-8-5-6-16(15-18)21-25-22(29)19(26-27-21)9-10-20(28)24-13-11-17-7-3-4-12-23-17/h3-8,12,15H,2,9-11,13-14H2,1H3,(H,24,28)(H,25,27,29). The summed E-state index contributed by atoms with van der Waals surface area (Å²) in [6.45, 7) is 3.15. The molecule has 3 aromatic rings. The molecule has 0 aliphatic rings. The fourth-order valence-electron chi connectivity index (χ4n) is 2.80. The van der Waals surface area contributed by atoms with Crippen LogP contribution in [-0.2, 0) is 17.6 Å². The maximum atomic E-state index is 12.4. The van der Waals surface area contributed by atoms with Crippen LogP contribution in [-0.4, -0.2) is 39.2 Å². The van der Waals surface area contributed by atoms with E-state index < -0.39 is 0 Å². The summed E-state index contributed by atoms with van der Waals surface area (Å²) in [5, 5.41) is 11.0. The number of carbonyl (C=O) groups excluding carboxylic acids is 1. The number of benzene rings is 1. The Morgan fingerprint density at radius 3 is 2.80 bits per heavy atom. The van der Waals surface area contributed by atoms with E-state index in [1.165, 1.54) is 0 Å². The van der Waals surface area contributed by atoms with Gasteiger partial charge in [0.2, 0.25) is 5.91 Å². The van der Waals surface area contributed by atoms with Gasteiger partial charge in [0.1, 0.15) is 11.4 Å². The van der Waals surface area contributed by atoms with Gasteiger partial charge in [0.05, 0.1) is 6.61 Å². The van der Waals surface area contributed by atoms with Crippen LogP contribution < -0.4 is 15.6 Å². The van der Waals surface area contributed by atoms with Gasteiger partial charge in [-0.25, -0.2) is 0 Å². The summed E-state index contributed by atoms with van der Waals surface area (Å²) in [5.41, 5.74) is 1.52. The van der Waals surface area contributed by atoms with Gasteiger partial charge in [0, 0.05) is 43.3 Å². The highest BCUT2D eigenvalue weighted by molar-refractivity contribution is 5.76. The van der Waals surface area contributed by atoms with Crippen molar-refractivity contribution in [3.05, 3.63) is 70.4 Å². The average Bonchev–Trinajstić information content (AvgIpc) is 2.78. The number of nitrogens with one attached hydrogen (secondary N) is 2. The van der Waals surface area contributed by atoms with Crippen LogP contribution in [0.5, 0.6) is 5.75 Å². The van der Waals surface area contributed by atoms with Crippen LogP contribution in [0.3, 0.4) is 0 Å². The molecule has 8 heteroatoms. The molecule has 1 amide bonds. The Bertz CT molecular complexity index is 1020. The zero-order valence-corrected chi connectivity index (χ0v) is 16.9. The lowest BCUT2D eigenvalue weighted by atomic mass is 10.2. The SMILES string of the molecule is CCCOc1cccc(-c2nnc(CCC(=O)NCCc3ccccn3)c(=O)[nH]2)c1. The number of aromatic amines is 1. The van der Waals surface area contributed by atoms with E-state index in [-0.39, 0.29) is 30.0 Å².